The number of anilines is 2. The van der Waals surface area contributed by atoms with Crippen LogP contribution in [-0.4, -0.2) is 34.4 Å². The van der Waals surface area contributed by atoms with Gasteiger partial charge in [-0.3, -0.25) is 25.0 Å². The van der Waals surface area contributed by atoms with Crippen LogP contribution in [0.5, 0.6) is 0 Å². The smallest absolute Gasteiger partial charge is 0.311 e. The van der Waals surface area contributed by atoms with Gasteiger partial charge in [-0.05, 0) is 18.4 Å². The van der Waals surface area contributed by atoms with Crippen molar-refractivity contribution >= 4 is 51.6 Å². The largest absolute Gasteiger partial charge is 0.466 e. The molecule has 0 aromatic carbocycles. The van der Waals surface area contributed by atoms with Crippen molar-refractivity contribution in [1.82, 2.24) is 9.97 Å². The van der Waals surface area contributed by atoms with Crippen molar-refractivity contribution in [1.29, 1.82) is 0 Å². The molecule has 0 radical (unpaired) electrons. The number of aromatic nitrogens is 2. The van der Waals surface area contributed by atoms with E-state index in [1.165, 1.54) is 22.7 Å². The second kappa shape index (κ2) is 8.56. The maximum Gasteiger partial charge on any atom is 0.311 e. The summed E-state index contributed by atoms with van der Waals surface area (Å²) < 4.78 is 9.95. The van der Waals surface area contributed by atoms with E-state index < -0.39 is 5.91 Å². The number of ether oxygens (including phenoxy) is 1. The molecule has 0 aliphatic carbocycles. The van der Waals surface area contributed by atoms with Crippen LogP contribution in [0, 0.1) is 0 Å². The van der Waals surface area contributed by atoms with Gasteiger partial charge in [-0.1, -0.05) is 0 Å². The molecule has 0 bridgehead atoms. The van der Waals surface area contributed by atoms with E-state index in [0.29, 0.717) is 23.0 Å². The summed E-state index contributed by atoms with van der Waals surface area (Å²) >= 11 is 2.56. The van der Waals surface area contributed by atoms with Gasteiger partial charge >= 0.3 is 12.0 Å². The number of nitrogens with zero attached hydrogens (tertiary/aromatic N) is 2. The number of rotatable bonds is 7. The summed E-state index contributed by atoms with van der Waals surface area (Å²) in [6, 6.07) is 1.57. The van der Waals surface area contributed by atoms with Gasteiger partial charge in [0.05, 0.1) is 24.3 Å². The summed E-state index contributed by atoms with van der Waals surface area (Å²) in [7, 11) is 0. The average molecular weight is 406 g/mol. The second-order valence-electron chi connectivity index (χ2n) is 5.08. The van der Waals surface area contributed by atoms with Gasteiger partial charge in [0, 0.05) is 10.8 Å². The van der Waals surface area contributed by atoms with Gasteiger partial charge in [-0.2, -0.15) is 16.3 Å². The van der Waals surface area contributed by atoms with Gasteiger partial charge in [-0.15, -0.1) is 11.3 Å². The summed E-state index contributed by atoms with van der Waals surface area (Å²) in [5.41, 5.74) is 0.955. The van der Waals surface area contributed by atoms with Crippen LogP contribution in [0.15, 0.2) is 32.9 Å². The van der Waals surface area contributed by atoms with Crippen LogP contribution in [0.25, 0.3) is 0 Å². The fraction of sp³-hybridized carbons (Fsp3) is 0.188. The first-order valence-electron chi connectivity index (χ1n) is 7.75. The molecule has 0 aliphatic rings. The molecule has 0 saturated heterocycles. The molecular formula is C16H14N4O5S2. The number of nitrogens with one attached hydrogen (secondary N) is 2. The van der Waals surface area contributed by atoms with Crippen LogP contribution < -0.4 is 10.6 Å². The molecule has 3 aromatic heterocycles. The predicted molar refractivity (Wildman–Crippen MR) is 99.2 cm³/mol. The van der Waals surface area contributed by atoms with Gasteiger partial charge in [-0.25, -0.2) is 4.98 Å². The summed E-state index contributed by atoms with van der Waals surface area (Å²) in [5.74, 6) is -1.32. The van der Waals surface area contributed by atoms with Crippen molar-refractivity contribution in [2.75, 3.05) is 17.2 Å². The highest BCUT2D eigenvalue weighted by molar-refractivity contribution is 7.14. The average Bonchev–Trinajstić information content (AvgIpc) is 3.36. The molecule has 3 heterocycles. The lowest BCUT2D eigenvalue weighted by atomic mass is 10.3. The Morgan fingerprint density at radius 2 is 2.04 bits per heavy atom. The number of hydrogen-bond donors (Lipinski definition) is 2. The van der Waals surface area contributed by atoms with E-state index in [2.05, 4.69) is 20.6 Å². The molecule has 2 N–H and O–H groups in total. The summed E-state index contributed by atoms with van der Waals surface area (Å²) in [6.45, 7) is 2.02. The Morgan fingerprint density at radius 3 is 2.78 bits per heavy atom. The van der Waals surface area contributed by atoms with E-state index in [0.717, 1.165) is 6.26 Å². The van der Waals surface area contributed by atoms with Gasteiger partial charge in [0.1, 0.15) is 6.26 Å². The zero-order chi connectivity index (χ0) is 19.2. The molecule has 11 heteroatoms. The molecule has 0 atom stereocenters. The van der Waals surface area contributed by atoms with Crippen molar-refractivity contribution in [2.45, 2.75) is 13.3 Å². The topological polar surface area (TPSA) is 123 Å². The fourth-order valence-corrected chi connectivity index (χ4v) is 3.31. The first-order valence-corrected chi connectivity index (χ1v) is 9.58. The number of thiophene rings is 1. The monoisotopic (exact) mass is 406 g/mol. The molecule has 0 aliphatic heterocycles. The van der Waals surface area contributed by atoms with Crippen LogP contribution >= 0.6 is 22.7 Å². The highest BCUT2D eigenvalue weighted by atomic mass is 32.1. The number of oxazole rings is 1. The Kier molecular flexibility index (Phi) is 5.94. The Morgan fingerprint density at radius 1 is 1.19 bits per heavy atom. The fourth-order valence-electron chi connectivity index (χ4n) is 1.97. The molecule has 3 aromatic rings. The molecule has 0 unspecified atom stereocenters. The minimum Gasteiger partial charge on any atom is -0.466 e. The normalized spacial score (nSPS) is 10.4. The number of hydrogen-bond acceptors (Lipinski definition) is 9. The van der Waals surface area contributed by atoms with Crippen molar-refractivity contribution in [3.05, 3.63) is 45.4 Å². The van der Waals surface area contributed by atoms with Crippen molar-refractivity contribution < 1.29 is 23.5 Å². The molecular weight excluding hydrogens is 392 g/mol. The first-order chi connectivity index (χ1) is 13.0. The van der Waals surface area contributed by atoms with Crippen molar-refractivity contribution in [2.24, 2.45) is 0 Å². The Balaban J connectivity index is 1.57. The molecule has 0 saturated carbocycles. The van der Waals surface area contributed by atoms with E-state index in [4.69, 9.17) is 9.15 Å². The number of carbonyl (C=O) groups is 3. The van der Waals surface area contributed by atoms with Gasteiger partial charge in [0.2, 0.25) is 0 Å². The quantitative estimate of drug-likeness (QED) is 0.578. The third-order valence-electron chi connectivity index (χ3n) is 3.14. The highest BCUT2D eigenvalue weighted by Crippen LogP contribution is 2.18. The van der Waals surface area contributed by atoms with E-state index in [1.807, 2.05) is 0 Å². The van der Waals surface area contributed by atoms with Crippen LogP contribution in [0.2, 0.25) is 0 Å². The minimum atomic E-state index is -0.549. The third kappa shape index (κ3) is 4.99. The zero-order valence-electron chi connectivity index (χ0n) is 14.1. The summed E-state index contributed by atoms with van der Waals surface area (Å²) in [4.78, 5) is 43.7. The molecule has 3 rings (SSSR count). The molecule has 140 valence electrons. The predicted octanol–water partition coefficient (Wildman–Crippen LogP) is 2.80. The Labute approximate surface area is 161 Å². The van der Waals surface area contributed by atoms with Gasteiger partial charge < -0.3 is 9.15 Å². The number of esters is 1. The van der Waals surface area contributed by atoms with Gasteiger partial charge in [0.25, 0.3) is 11.8 Å². The number of thiazole rings is 1. The molecule has 9 nitrogen and oxygen atoms in total. The van der Waals surface area contributed by atoms with E-state index in [1.54, 1.807) is 29.1 Å². The maximum atomic E-state index is 12.2. The van der Waals surface area contributed by atoms with Crippen molar-refractivity contribution in [3.63, 3.8) is 0 Å². The highest BCUT2D eigenvalue weighted by Gasteiger charge is 2.17. The standard InChI is InChI=1S/C16H14N4O5S2/c1-2-24-12(21)5-10-8-27-16(17-10)20-14(23)11-6-25-15(18-11)19-13(22)9-3-4-26-7-9/h3-4,6-8H,2,5H2,1H3,(H,17,20,23)(H,18,19,22). The second-order valence-corrected chi connectivity index (χ2v) is 6.72. The molecule has 27 heavy (non-hydrogen) atoms. The SMILES string of the molecule is CCOC(=O)Cc1csc(NC(=O)c2coc(NC(=O)c3ccsc3)n2)n1. The van der Waals surface area contributed by atoms with Crippen molar-refractivity contribution in [3.8, 4) is 0 Å². The Hall–Kier alpha value is -3.05. The zero-order valence-corrected chi connectivity index (χ0v) is 15.7. The van der Waals surface area contributed by atoms with Gasteiger partial charge in [0.15, 0.2) is 10.8 Å². The van der Waals surface area contributed by atoms with E-state index >= 15 is 0 Å². The van der Waals surface area contributed by atoms with Crippen LogP contribution in [0.3, 0.4) is 0 Å². The molecule has 0 spiro atoms. The summed E-state index contributed by atoms with van der Waals surface area (Å²) in [6.07, 6.45) is 1.16. The number of carbonyl (C=O) groups excluding carboxylic acids is 3. The first kappa shape index (κ1) is 18.7. The van der Waals surface area contributed by atoms with E-state index in [-0.39, 0.29) is 30.0 Å². The molecule has 2 amide bonds. The molecule has 0 fully saturated rings. The van der Waals surface area contributed by atoms with E-state index in [9.17, 15) is 14.4 Å². The van der Waals surface area contributed by atoms with Crippen LogP contribution in [0.1, 0.15) is 33.5 Å². The lowest BCUT2D eigenvalue weighted by Gasteiger charge is -1.99. The number of amides is 2. The lowest BCUT2D eigenvalue weighted by molar-refractivity contribution is -0.142. The lowest BCUT2D eigenvalue weighted by Crippen LogP contribution is -2.14. The van der Waals surface area contributed by atoms with Crippen LogP contribution in [0.4, 0.5) is 11.1 Å². The maximum absolute atomic E-state index is 12.2. The third-order valence-corrected chi connectivity index (χ3v) is 4.63. The minimum absolute atomic E-state index is 0.0160. The summed E-state index contributed by atoms with van der Waals surface area (Å²) in [5, 5.41) is 10.4. The Bertz CT molecular complexity index is 948. The van der Waals surface area contributed by atoms with Crippen LogP contribution in [-0.2, 0) is 16.0 Å².